The fourth-order valence-electron chi connectivity index (χ4n) is 2.43. The van der Waals surface area contributed by atoms with Crippen LogP contribution in [0.1, 0.15) is 37.3 Å². The summed E-state index contributed by atoms with van der Waals surface area (Å²) in [7, 11) is 0. The minimum Gasteiger partial charge on any atom is -0.459 e. The van der Waals surface area contributed by atoms with Crippen molar-refractivity contribution >= 4 is 11.0 Å². The first-order chi connectivity index (χ1) is 10.1. The van der Waals surface area contributed by atoms with Gasteiger partial charge in [0.25, 0.3) is 0 Å². The second kappa shape index (κ2) is 5.66. The molecule has 21 heavy (non-hydrogen) atoms. The molecule has 2 unspecified atom stereocenters. The molecule has 2 heterocycles. The Balaban J connectivity index is 1.77. The molecule has 3 aromatic rings. The van der Waals surface area contributed by atoms with Gasteiger partial charge in [-0.3, -0.25) is 4.98 Å². The van der Waals surface area contributed by atoms with Crippen LogP contribution < -0.4 is 5.32 Å². The SMILES string of the molecule is CC(NC(C)c1cc2ccccc2o1)c1cncc(F)c1. The van der Waals surface area contributed by atoms with E-state index in [4.69, 9.17) is 4.42 Å². The lowest BCUT2D eigenvalue weighted by atomic mass is 10.1. The second-order valence-electron chi connectivity index (χ2n) is 5.23. The number of hydrogen-bond donors (Lipinski definition) is 1. The molecule has 0 saturated carbocycles. The van der Waals surface area contributed by atoms with Crippen LogP contribution in [-0.2, 0) is 0 Å². The highest BCUT2D eigenvalue weighted by Gasteiger charge is 2.15. The monoisotopic (exact) mass is 284 g/mol. The van der Waals surface area contributed by atoms with Crippen LogP contribution >= 0.6 is 0 Å². The Morgan fingerprint density at radius 3 is 2.67 bits per heavy atom. The number of rotatable bonds is 4. The quantitative estimate of drug-likeness (QED) is 0.772. The van der Waals surface area contributed by atoms with Gasteiger partial charge in [-0.2, -0.15) is 0 Å². The molecule has 2 atom stereocenters. The van der Waals surface area contributed by atoms with Crippen LogP contribution in [0.4, 0.5) is 4.39 Å². The minimum absolute atomic E-state index is 0.0172. The van der Waals surface area contributed by atoms with Crippen LogP contribution in [0.15, 0.2) is 53.2 Å². The summed E-state index contributed by atoms with van der Waals surface area (Å²) in [6.07, 6.45) is 2.88. The largest absolute Gasteiger partial charge is 0.459 e. The van der Waals surface area contributed by atoms with Crippen LogP contribution in [0.5, 0.6) is 0 Å². The van der Waals surface area contributed by atoms with Crippen LogP contribution in [0.2, 0.25) is 0 Å². The standard InChI is InChI=1S/C17H17FN2O/c1-11(14-7-15(18)10-19-9-14)20-12(2)17-8-13-5-3-4-6-16(13)21-17/h3-12,20H,1-2H3. The number of fused-ring (bicyclic) bond motifs is 1. The Hall–Kier alpha value is -2.20. The van der Waals surface area contributed by atoms with Gasteiger partial charge in [-0.1, -0.05) is 18.2 Å². The highest BCUT2D eigenvalue weighted by molar-refractivity contribution is 5.77. The van der Waals surface area contributed by atoms with E-state index in [0.29, 0.717) is 0 Å². The van der Waals surface area contributed by atoms with Gasteiger partial charge in [-0.15, -0.1) is 0 Å². The first-order valence-electron chi connectivity index (χ1n) is 6.98. The molecule has 108 valence electrons. The predicted molar refractivity (Wildman–Crippen MR) is 80.4 cm³/mol. The lowest BCUT2D eigenvalue weighted by Crippen LogP contribution is -2.22. The smallest absolute Gasteiger partial charge is 0.141 e. The lowest BCUT2D eigenvalue weighted by molar-refractivity contribution is 0.416. The van der Waals surface area contributed by atoms with Crippen LogP contribution in [0.3, 0.4) is 0 Å². The van der Waals surface area contributed by atoms with E-state index in [2.05, 4.69) is 10.3 Å². The third-order valence-corrected chi connectivity index (χ3v) is 3.60. The summed E-state index contributed by atoms with van der Waals surface area (Å²) in [6.45, 7) is 4.01. The zero-order valence-corrected chi connectivity index (χ0v) is 12.0. The molecule has 1 N–H and O–H groups in total. The molecule has 0 spiro atoms. The van der Waals surface area contributed by atoms with Gasteiger partial charge in [0.15, 0.2) is 0 Å². The lowest BCUT2D eigenvalue weighted by Gasteiger charge is -2.18. The number of nitrogens with zero attached hydrogens (tertiary/aromatic N) is 1. The normalized spacial score (nSPS) is 14.2. The van der Waals surface area contributed by atoms with Crippen molar-refractivity contribution in [2.45, 2.75) is 25.9 Å². The van der Waals surface area contributed by atoms with Gasteiger partial charge in [0.2, 0.25) is 0 Å². The van der Waals surface area contributed by atoms with Crippen molar-refractivity contribution in [2.75, 3.05) is 0 Å². The zero-order chi connectivity index (χ0) is 14.8. The Morgan fingerprint density at radius 2 is 1.90 bits per heavy atom. The van der Waals surface area contributed by atoms with Crippen molar-refractivity contribution in [3.8, 4) is 0 Å². The summed E-state index contributed by atoms with van der Waals surface area (Å²) in [5.74, 6) is 0.546. The number of pyridine rings is 1. The molecule has 0 amide bonds. The number of nitrogens with one attached hydrogen (secondary N) is 1. The number of halogens is 1. The Bertz CT molecular complexity index is 720. The molecule has 0 aliphatic heterocycles. The zero-order valence-electron chi connectivity index (χ0n) is 12.0. The van der Waals surface area contributed by atoms with Crippen molar-refractivity contribution in [3.05, 3.63) is 65.9 Å². The van der Waals surface area contributed by atoms with Crippen molar-refractivity contribution in [1.29, 1.82) is 0 Å². The van der Waals surface area contributed by atoms with Crippen LogP contribution in [0, 0.1) is 5.82 Å². The van der Waals surface area contributed by atoms with Crippen molar-refractivity contribution in [3.63, 3.8) is 0 Å². The van der Waals surface area contributed by atoms with Gasteiger partial charge in [-0.05, 0) is 37.6 Å². The number of benzene rings is 1. The van der Waals surface area contributed by atoms with E-state index in [1.54, 1.807) is 6.20 Å². The van der Waals surface area contributed by atoms with E-state index in [1.165, 1.54) is 12.3 Å². The molecule has 0 aliphatic carbocycles. The maximum absolute atomic E-state index is 13.2. The summed E-state index contributed by atoms with van der Waals surface area (Å²) in [6, 6.07) is 11.4. The third-order valence-electron chi connectivity index (χ3n) is 3.60. The maximum atomic E-state index is 13.2. The summed E-state index contributed by atoms with van der Waals surface area (Å²) in [4.78, 5) is 3.88. The number of aromatic nitrogens is 1. The molecule has 1 aromatic carbocycles. The van der Waals surface area contributed by atoms with E-state index in [9.17, 15) is 4.39 Å². The molecule has 0 saturated heterocycles. The van der Waals surface area contributed by atoms with Gasteiger partial charge in [0.05, 0.1) is 12.2 Å². The Morgan fingerprint density at radius 1 is 1.10 bits per heavy atom. The summed E-state index contributed by atoms with van der Waals surface area (Å²) in [5.41, 5.74) is 1.69. The first kappa shape index (κ1) is 13.8. The highest BCUT2D eigenvalue weighted by atomic mass is 19.1. The molecule has 2 aromatic heterocycles. The van der Waals surface area contributed by atoms with E-state index in [0.717, 1.165) is 22.3 Å². The summed E-state index contributed by atoms with van der Waals surface area (Å²) in [5, 5.41) is 4.48. The fourth-order valence-corrected chi connectivity index (χ4v) is 2.43. The molecule has 0 fully saturated rings. The predicted octanol–water partition coefficient (Wildman–Crippen LogP) is 4.38. The van der Waals surface area contributed by atoms with E-state index < -0.39 is 0 Å². The van der Waals surface area contributed by atoms with E-state index in [1.807, 2.05) is 44.2 Å². The van der Waals surface area contributed by atoms with Gasteiger partial charge < -0.3 is 9.73 Å². The molecular formula is C17H17FN2O. The molecule has 0 radical (unpaired) electrons. The maximum Gasteiger partial charge on any atom is 0.141 e. The van der Waals surface area contributed by atoms with Gasteiger partial charge in [-0.25, -0.2) is 4.39 Å². The van der Waals surface area contributed by atoms with E-state index in [-0.39, 0.29) is 17.9 Å². The molecular weight excluding hydrogens is 267 g/mol. The number of hydrogen-bond acceptors (Lipinski definition) is 3. The number of para-hydroxylation sites is 1. The van der Waals surface area contributed by atoms with Crippen LogP contribution in [0.25, 0.3) is 11.0 Å². The number of furan rings is 1. The van der Waals surface area contributed by atoms with E-state index >= 15 is 0 Å². The summed E-state index contributed by atoms with van der Waals surface area (Å²) < 4.78 is 19.1. The molecule has 3 rings (SSSR count). The first-order valence-corrected chi connectivity index (χ1v) is 6.98. The highest BCUT2D eigenvalue weighted by Crippen LogP contribution is 2.25. The Labute approximate surface area is 122 Å². The topological polar surface area (TPSA) is 38.1 Å². The molecule has 0 bridgehead atoms. The van der Waals surface area contributed by atoms with Crippen molar-refractivity contribution in [2.24, 2.45) is 0 Å². The van der Waals surface area contributed by atoms with Crippen molar-refractivity contribution < 1.29 is 8.81 Å². The molecule has 3 nitrogen and oxygen atoms in total. The van der Waals surface area contributed by atoms with Gasteiger partial charge >= 0.3 is 0 Å². The van der Waals surface area contributed by atoms with Gasteiger partial charge in [0.1, 0.15) is 17.2 Å². The second-order valence-corrected chi connectivity index (χ2v) is 5.23. The Kier molecular flexibility index (Phi) is 3.71. The summed E-state index contributed by atoms with van der Waals surface area (Å²) >= 11 is 0. The van der Waals surface area contributed by atoms with Crippen molar-refractivity contribution in [1.82, 2.24) is 10.3 Å². The molecule has 4 heteroatoms. The molecule has 0 aliphatic rings. The van der Waals surface area contributed by atoms with Gasteiger partial charge in [0, 0.05) is 17.6 Å². The van der Waals surface area contributed by atoms with Crippen LogP contribution in [-0.4, -0.2) is 4.98 Å². The fraction of sp³-hybridized carbons (Fsp3) is 0.235. The average molecular weight is 284 g/mol. The third kappa shape index (κ3) is 2.95. The average Bonchev–Trinajstić information content (AvgIpc) is 2.91. The minimum atomic E-state index is -0.322.